The number of allylic oxidation sites excluding steroid dienone is 2. The second-order valence-electron chi connectivity index (χ2n) is 9.65. The zero-order valence-electron chi connectivity index (χ0n) is 22.0. The van der Waals surface area contributed by atoms with E-state index in [9.17, 15) is 24.9 Å². The molecule has 1 aromatic carbocycles. The van der Waals surface area contributed by atoms with Crippen LogP contribution >= 0.6 is 0 Å². The van der Waals surface area contributed by atoms with E-state index in [1.54, 1.807) is 26.0 Å². The lowest BCUT2D eigenvalue weighted by Gasteiger charge is -2.26. The number of nitrogens with one attached hydrogen (secondary N) is 1. The third kappa shape index (κ3) is 7.99. The predicted octanol–water partition coefficient (Wildman–Crippen LogP) is 3.52. The van der Waals surface area contributed by atoms with Crippen molar-refractivity contribution in [1.82, 2.24) is 0 Å². The minimum absolute atomic E-state index is 0.0118. The first kappa shape index (κ1) is 29.7. The van der Waals surface area contributed by atoms with Crippen molar-refractivity contribution >= 4 is 23.4 Å². The molecule has 1 aliphatic rings. The molecule has 1 aromatic rings. The molecule has 1 heterocycles. The number of aromatic hydroxyl groups is 2. The minimum atomic E-state index is -0.969. The smallest absolute Gasteiger partial charge is 0.405 e. The van der Waals surface area contributed by atoms with E-state index < -0.39 is 30.3 Å². The van der Waals surface area contributed by atoms with Gasteiger partial charge in [-0.3, -0.25) is 4.79 Å². The summed E-state index contributed by atoms with van der Waals surface area (Å²) in [6, 6.07) is 1.20. The maximum Gasteiger partial charge on any atom is 0.405 e. The van der Waals surface area contributed by atoms with Gasteiger partial charge in [0.1, 0.15) is 17.6 Å². The molecule has 3 unspecified atom stereocenters. The summed E-state index contributed by atoms with van der Waals surface area (Å²) in [5.41, 5.74) is 12.7. The lowest BCUT2D eigenvalue weighted by Crippen LogP contribution is -2.35. The van der Waals surface area contributed by atoms with Gasteiger partial charge in [0.25, 0.3) is 5.91 Å². The van der Waals surface area contributed by atoms with E-state index in [-0.39, 0.29) is 34.7 Å². The number of anilines is 2. The molecule has 0 saturated heterocycles. The number of nitrogens with two attached hydrogens (primary N) is 2. The van der Waals surface area contributed by atoms with Crippen LogP contribution in [0.4, 0.5) is 16.2 Å². The van der Waals surface area contributed by atoms with Crippen LogP contribution < -0.4 is 16.8 Å². The van der Waals surface area contributed by atoms with E-state index in [1.807, 2.05) is 19.9 Å². The average Bonchev–Trinajstić information content (AvgIpc) is 2.84. The molecule has 8 N–H and O–H groups in total. The molecule has 204 valence electrons. The first-order valence-corrected chi connectivity index (χ1v) is 12.2. The number of nitrogen functional groups attached to an aromatic ring is 1. The first-order chi connectivity index (χ1) is 17.3. The van der Waals surface area contributed by atoms with Gasteiger partial charge < -0.3 is 41.6 Å². The van der Waals surface area contributed by atoms with Crippen molar-refractivity contribution < 1.29 is 34.4 Å². The number of amides is 2. The van der Waals surface area contributed by atoms with Crippen LogP contribution in [-0.4, -0.2) is 52.7 Å². The Labute approximate surface area is 217 Å². The molecule has 37 heavy (non-hydrogen) atoms. The summed E-state index contributed by atoms with van der Waals surface area (Å²) in [5.74, 6) is -1.25. The molecule has 0 saturated carbocycles. The summed E-state index contributed by atoms with van der Waals surface area (Å²) in [7, 11) is 1.45. The number of primary amides is 1. The van der Waals surface area contributed by atoms with Gasteiger partial charge in [-0.25, -0.2) is 4.79 Å². The van der Waals surface area contributed by atoms with Gasteiger partial charge >= 0.3 is 6.09 Å². The number of aliphatic hydroxyl groups excluding tert-OH is 1. The van der Waals surface area contributed by atoms with Gasteiger partial charge in [-0.05, 0) is 44.6 Å². The van der Waals surface area contributed by atoms with E-state index in [0.717, 1.165) is 0 Å². The molecule has 0 aromatic heterocycles. The summed E-state index contributed by atoms with van der Waals surface area (Å²) >= 11 is 0. The van der Waals surface area contributed by atoms with E-state index in [4.69, 9.17) is 20.9 Å². The molecule has 0 aliphatic carbocycles. The highest BCUT2D eigenvalue weighted by atomic mass is 16.6. The highest BCUT2D eigenvalue weighted by Gasteiger charge is 2.26. The number of hydrogen-bond donors (Lipinski definition) is 6. The quantitative estimate of drug-likeness (QED) is 0.149. The van der Waals surface area contributed by atoms with Gasteiger partial charge in [-0.1, -0.05) is 38.2 Å². The number of aliphatic hydroxyl groups is 1. The molecule has 1 aliphatic heterocycles. The number of benzene rings is 1. The molecule has 0 radical (unpaired) electrons. The molecule has 2 rings (SSSR count). The van der Waals surface area contributed by atoms with Gasteiger partial charge in [0.15, 0.2) is 6.10 Å². The number of carbonyl (C=O) groups excluding carboxylic acids is 2. The van der Waals surface area contributed by atoms with Crippen LogP contribution in [0.2, 0.25) is 0 Å². The van der Waals surface area contributed by atoms with Crippen molar-refractivity contribution in [1.29, 1.82) is 0 Å². The van der Waals surface area contributed by atoms with Crippen LogP contribution in [0.3, 0.4) is 0 Å². The van der Waals surface area contributed by atoms with Crippen LogP contribution in [0.1, 0.15) is 46.1 Å². The highest BCUT2D eigenvalue weighted by Crippen LogP contribution is 2.40. The maximum absolute atomic E-state index is 12.8. The Kier molecular flexibility index (Phi) is 10.6. The van der Waals surface area contributed by atoms with Gasteiger partial charge in [0.05, 0.1) is 17.5 Å². The summed E-state index contributed by atoms with van der Waals surface area (Å²) in [4.78, 5) is 24.4. The molecule has 2 bridgehead atoms. The largest absolute Gasteiger partial charge is 0.506 e. The highest BCUT2D eigenvalue weighted by molar-refractivity contribution is 6.04. The fraction of sp³-hybridized carbons (Fsp3) is 0.481. The van der Waals surface area contributed by atoms with Crippen LogP contribution in [0.5, 0.6) is 11.5 Å². The van der Waals surface area contributed by atoms with Crippen molar-refractivity contribution in [3.63, 3.8) is 0 Å². The molecular formula is C27H39N3O7. The van der Waals surface area contributed by atoms with E-state index in [0.29, 0.717) is 36.0 Å². The lowest BCUT2D eigenvalue weighted by molar-refractivity contribution is -0.112. The summed E-state index contributed by atoms with van der Waals surface area (Å²) in [6.45, 7) is 7.14. The number of phenols is 2. The fourth-order valence-corrected chi connectivity index (χ4v) is 4.27. The zero-order chi connectivity index (χ0) is 27.9. The Bertz CT molecular complexity index is 1080. The molecule has 10 nitrogen and oxygen atoms in total. The molecule has 10 heteroatoms. The third-order valence-corrected chi connectivity index (χ3v) is 6.58. The SMILES string of the molecule is COC1/C=C\C=C(/C)C(=O)Nc2cc(O)c(N)c(c2O)C[C@@H](C)CCC(O)[C@@H](C)/C=C(\C)C1OC(N)=O. The number of ether oxygens (including phenoxy) is 2. The van der Waals surface area contributed by atoms with Gasteiger partial charge in [0.2, 0.25) is 0 Å². The molecule has 0 fully saturated rings. The van der Waals surface area contributed by atoms with E-state index >= 15 is 0 Å². The normalized spacial score (nSPS) is 29.8. The summed E-state index contributed by atoms with van der Waals surface area (Å²) in [6.07, 6.45) is 4.68. The fourth-order valence-electron chi connectivity index (χ4n) is 4.27. The maximum atomic E-state index is 12.8. The standard InChI is InChI=1S/C27H39N3O7/c1-14-9-10-20(31)16(3)12-17(4)25(37-27(29)35)22(36-5)8-6-7-15(2)26(34)30-19-13-21(32)23(28)18(11-14)24(19)33/h6-8,12-14,16,20,22,25,31-33H,9-11,28H2,1-5H3,(H2,29,35)(H,30,34)/b8-6-,15-7+,17-12+/t14-,16-,20?,22?,25?/m0/s1. The van der Waals surface area contributed by atoms with Crippen LogP contribution in [0.15, 0.2) is 41.5 Å². The molecule has 5 atom stereocenters. The van der Waals surface area contributed by atoms with Crippen molar-refractivity contribution in [3.8, 4) is 11.5 Å². The van der Waals surface area contributed by atoms with Gasteiger partial charge in [-0.2, -0.15) is 0 Å². The molecule has 2 amide bonds. The molecule has 0 spiro atoms. The van der Waals surface area contributed by atoms with Crippen molar-refractivity contribution in [2.75, 3.05) is 18.2 Å². The summed E-state index contributed by atoms with van der Waals surface area (Å²) < 4.78 is 10.8. The minimum Gasteiger partial charge on any atom is -0.506 e. The zero-order valence-corrected chi connectivity index (χ0v) is 22.0. The summed E-state index contributed by atoms with van der Waals surface area (Å²) in [5, 5.41) is 34.6. The second kappa shape index (κ2) is 13.2. The second-order valence-corrected chi connectivity index (χ2v) is 9.65. The Morgan fingerprint density at radius 3 is 2.49 bits per heavy atom. The van der Waals surface area contributed by atoms with Gasteiger partial charge in [-0.15, -0.1) is 0 Å². The van der Waals surface area contributed by atoms with Crippen molar-refractivity contribution in [3.05, 3.63) is 47.1 Å². The topological polar surface area (TPSA) is 177 Å². The third-order valence-electron chi connectivity index (χ3n) is 6.58. The Morgan fingerprint density at radius 1 is 1.19 bits per heavy atom. The number of carbonyl (C=O) groups is 2. The van der Waals surface area contributed by atoms with Crippen LogP contribution in [-0.2, 0) is 20.7 Å². The van der Waals surface area contributed by atoms with Crippen LogP contribution in [0, 0.1) is 11.8 Å². The van der Waals surface area contributed by atoms with Crippen LogP contribution in [0.25, 0.3) is 0 Å². The number of rotatable bonds is 2. The Morgan fingerprint density at radius 2 is 1.86 bits per heavy atom. The first-order valence-electron chi connectivity index (χ1n) is 12.2. The number of hydrogen-bond acceptors (Lipinski definition) is 8. The van der Waals surface area contributed by atoms with Crippen molar-refractivity contribution in [2.24, 2.45) is 17.6 Å². The van der Waals surface area contributed by atoms with E-state index in [2.05, 4.69) is 5.32 Å². The number of methoxy groups -OCH3 is 1. The number of phenolic OH excluding ortho intramolecular Hbond substituents is 2. The van der Waals surface area contributed by atoms with Gasteiger partial charge in [0, 0.05) is 30.2 Å². The number of fused-ring (bicyclic) bond motifs is 2. The Hall–Kier alpha value is -3.50. The predicted molar refractivity (Wildman–Crippen MR) is 142 cm³/mol. The molecular weight excluding hydrogens is 478 g/mol. The average molecular weight is 518 g/mol. The monoisotopic (exact) mass is 517 g/mol. The lowest BCUT2D eigenvalue weighted by atomic mass is 9.89. The van der Waals surface area contributed by atoms with Crippen molar-refractivity contribution in [2.45, 2.75) is 65.3 Å². The van der Waals surface area contributed by atoms with E-state index in [1.165, 1.54) is 19.3 Å². The Balaban J connectivity index is 2.54.